The second-order valence-electron chi connectivity index (χ2n) is 9.95. The number of nitrogens with one attached hydrogen (secondary N) is 1. The third-order valence-corrected chi connectivity index (χ3v) is 7.93. The van der Waals surface area contributed by atoms with Gasteiger partial charge in [0.05, 0.1) is 19.6 Å². The summed E-state index contributed by atoms with van der Waals surface area (Å²) in [7, 11) is 3.17. The van der Waals surface area contributed by atoms with E-state index in [1.807, 2.05) is 4.90 Å². The van der Waals surface area contributed by atoms with E-state index in [-0.39, 0.29) is 23.3 Å². The fourth-order valence-corrected chi connectivity index (χ4v) is 7.06. The predicted molar refractivity (Wildman–Crippen MR) is 114 cm³/mol. The highest BCUT2D eigenvalue weighted by atomic mass is 16.5. The lowest BCUT2D eigenvalue weighted by Gasteiger charge is -2.56. The van der Waals surface area contributed by atoms with Gasteiger partial charge in [-0.3, -0.25) is 9.59 Å². The van der Waals surface area contributed by atoms with Gasteiger partial charge in [-0.15, -0.1) is 0 Å². The number of rotatable bonds is 5. The van der Waals surface area contributed by atoms with Gasteiger partial charge in [-0.25, -0.2) is 0 Å². The Morgan fingerprint density at radius 3 is 2.07 bits per heavy atom. The van der Waals surface area contributed by atoms with Crippen LogP contribution in [0.15, 0.2) is 18.2 Å². The molecule has 1 aromatic carbocycles. The Morgan fingerprint density at radius 2 is 1.53 bits per heavy atom. The quantitative estimate of drug-likeness (QED) is 0.798. The first-order valence-corrected chi connectivity index (χ1v) is 11.3. The minimum atomic E-state index is -0.386. The molecule has 2 amide bonds. The average Bonchev–Trinajstić information content (AvgIpc) is 3.21. The molecule has 1 heterocycles. The molecule has 1 atom stereocenters. The lowest BCUT2D eigenvalue weighted by Crippen LogP contribution is -2.56. The van der Waals surface area contributed by atoms with E-state index in [2.05, 4.69) is 5.32 Å². The van der Waals surface area contributed by atoms with Crippen LogP contribution in [0.4, 0.5) is 5.69 Å². The van der Waals surface area contributed by atoms with Crippen LogP contribution in [0.1, 0.15) is 51.4 Å². The standard InChI is InChI=1S/C24H32N2O4/c1-29-19-9-18(10-20(11-19)30-2)25-22(27)21-4-3-5-26(21)23(28)24-12-15-6-16(13-24)8-17(7-15)14-24/h9-11,15-17,21H,3-8,12-14H2,1-2H3,(H,25,27)/t15?,16?,17?,21-,24?/m1/s1. The highest BCUT2D eigenvalue weighted by Gasteiger charge is 2.56. The maximum atomic E-state index is 13.8. The number of hydrogen-bond donors (Lipinski definition) is 1. The van der Waals surface area contributed by atoms with Crippen molar-refractivity contribution in [2.24, 2.45) is 23.2 Å². The van der Waals surface area contributed by atoms with Gasteiger partial charge in [0.1, 0.15) is 17.5 Å². The Balaban J connectivity index is 1.33. The summed E-state index contributed by atoms with van der Waals surface area (Å²) >= 11 is 0. The molecule has 6 rings (SSSR count). The molecule has 0 unspecified atom stereocenters. The van der Waals surface area contributed by atoms with Crippen LogP contribution in [0.2, 0.25) is 0 Å². The molecule has 162 valence electrons. The van der Waals surface area contributed by atoms with Gasteiger partial charge in [-0.05, 0) is 69.1 Å². The Bertz CT molecular complexity index is 794. The zero-order chi connectivity index (χ0) is 20.9. The first-order chi connectivity index (χ1) is 14.5. The number of amides is 2. The van der Waals surface area contributed by atoms with E-state index in [1.165, 1.54) is 19.3 Å². The smallest absolute Gasteiger partial charge is 0.247 e. The first kappa shape index (κ1) is 19.7. The van der Waals surface area contributed by atoms with E-state index < -0.39 is 0 Å². The molecule has 5 fully saturated rings. The number of nitrogens with zero attached hydrogens (tertiary/aromatic N) is 1. The largest absolute Gasteiger partial charge is 0.497 e. The summed E-state index contributed by atoms with van der Waals surface area (Å²) < 4.78 is 10.6. The zero-order valence-corrected chi connectivity index (χ0v) is 18.0. The third kappa shape index (κ3) is 3.34. The summed E-state index contributed by atoms with van der Waals surface area (Å²) in [5.41, 5.74) is 0.432. The summed E-state index contributed by atoms with van der Waals surface area (Å²) in [6, 6.07) is 4.94. The molecule has 1 aromatic rings. The van der Waals surface area contributed by atoms with E-state index >= 15 is 0 Å². The molecule has 6 heteroatoms. The van der Waals surface area contributed by atoms with E-state index in [4.69, 9.17) is 9.47 Å². The van der Waals surface area contributed by atoms with Gasteiger partial charge in [-0.1, -0.05) is 0 Å². The van der Waals surface area contributed by atoms with Crippen LogP contribution >= 0.6 is 0 Å². The SMILES string of the molecule is COc1cc(NC(=O)[C@H]2CCCN2C(=O)C23CC4CC(CC(C4)C2)C3)cc(OC)c1. The summed E-state index contributed by atoms with van der Waals surface area (Å²) in [5, 5.41) is 3.00. The molecule has 4 bridgehead atoms. The van der Waals surface area contributed by atoms with E-state index in [0.717, 1.165) is 49.9 Å². The van der Waals surface area contributed by atoms with Crippen molar-refractivity contribution >= 4 is 17.5 Å². The van der Waals surface area contributed by atoms with Crippen LogP contribution in [0.5, 0.6) is 11.5 Å². The van der Waals surface area contributed by atoms with E-state index in [0.29, 0.717) is 23.7 Å². The number of ether oxygens (including phenoxy) is 2. The van der Waals surface area contributed by atoms with Gasteiger partial charge >= 0.3 is 0 Å². The van der Waals surface area contributed by atoms with Crippen LogP contribution in [0.3, 0.4) is 0 Å². The summed E-state index contributed by atoms with van der Waals surface area (Å²) in [5.74, 6) is 3.55. The third-order valence-electron chi connectivity index (χ3n) is 7.93. The Kier molecular flexibility index (Phi) is 4.91. The van der Waals surface area contributed by atoms with Crippen molar-refractivity contribution in [1.82, 2.24) is 4.90 Å². The predicted octanol–water partition coefficient (Wildman–Crippen LogP) is 3.85. The topological polar surface area (TPSA) is 67.9 Å². The molecule has 1 saturated heterocycles. The molecule has 0 spiro atoms. The number of anilines is 1. The number of methoxy groups -OCH3 is 2. The lowest BCUT2D eigenvalue weighted by molar-refractivity contribution is -0.160. The average molecular weight is 413 g/mol. The molecule has 6 nitrogen and oxygen atoms in total. The molecule has 4 aliphatic carbocycles. The van der Waals surface area contributed by atoms with E-state index in [1.54, 1.807) is 32.4 Å². The van der Waals surface area contributed by atoms with Crippen molar-refractivity contribution in [2.45, 2.75) is 57.4 Å². The first-order valence-electron chi connectivity index (χ1n) is 11.3. The number of benzene rings is 1. The molecule has 1 aliphatic heterocycles. The minimum absolute atomic E-state index is 0.110. The van der Waals surface area contributed by atoms with Gasteiger partial charge in [0, 0.05) is 30.4 Å². The van der Waals surface area contributed by atoms with Crippen molar-refractivity contribution in [2.75, 3.05) is 26.1 Å². The zero-order valence-electron chi connectivity index (χ0n) is 18.0. The van der Waals surface area contributed by atoms with Crippen LogP contribution < -0.4 is 14.8 Å². The van der Waals surface area contributed by atoms with Gasteiger partial charge in [0.2, 0.25) is 11.8 Å². The van der Waals surface area contributed by atoms with Crippen molar-refractivity contribution in [3.63, 3.8) is 0 Å². The highest BCUT2D eigenvalue weighted by molar-refractivity contribution is 5.98. The van der Waals surface area contributed by atoms with Crippen LogP contribution in [0, 0.1) is 23.2 Å². The maximum absolute atomic E-state index is 13.8. The number of likely N-dealkylation sites (tertiary alicyclic amines) is 1. The lowest BCUT2D eigenvalue weighted by atomic mass is 9.49. The summed E-state index contributed by atoms with van der Waals surface area (Å²) in [6.45, 7) is 0.695. The van der Waals surface area contributed by atoms with Gasteiger partial charge < -0.3 is 19.7 Å². The van der Waals surface area contributed by atoms with E-state index in [9.17, 15) is 9.59 Å². The highest BCUT2D eigenvalue weighted by Crippen LogP contribution is 2.60. The van der Waals surface area contributed by atoms with Crippen molar-refractivity contribution in [1.29, 1.82) is 0 Å². The molecule has 4 saturated carbocycles. The second-order valence-corrected chi connectivity index (χ2v) is 9.95. The van der Waals surface area contributed by atoms with Gasteiger partial charge in [0.25, 0.3) is 0 Å². The normalized spacial score (nSPS) is 34.1. The Morgan fingerprint density at radius 1 is 0.967 bits per heavy atom. The number of hydrogen-bond acceptors (Lipinski definition) is 4. The Labute approximate surface area is 178 Å². The molecule has 30 heavy (non-hydrogen) atoms. The van der Waals surface area contributed by atoms with Crippen LogP contribution in [-0.2, 0) is 9.59 Å². The number of carbonyl (C=O) groups is 2. The fraction of sp³-hybridized carbons (Fsp3) is 0.667. The maximum Gasteiger partial charge on any atom is 0.247 e. The fourth-order valence-electron chi connectivity index (χ4n) is 7.06. The molecular weight excluding hydrogens is 380 g/mol. The van der Waals surface area contributed by atoms with Gasteiger partial charge in [0.15, 0.2) is 0 Å². The van der Waals surface area contributed by atoms with Crippen LogP contribution in [-0.4, -0.2) is 43.5 Å². The molecular formula is C24H32N2O4. The van der Waals surface area contributed by atoms with Crippen molar-refractivity contribution in [3.8, 4) is 11.5 Å². The Hall–Kier alpha value is -2.24. The monoisotopic (exact) mass is 412 g/mol. The van der Waals surface area contributed by atoms with Gasteiger partial charge in [-0.2, -0.15) is 0 Å². The van der Waals surface area contributed by atoms with Crippen molar-refractivity contribution < 1.29 is 19.1 Å². The molecule has 5 aliphatic rings. The molecule has 1 N–H and O–H groups in total. The minimum Gasteiger partial charge on any atom is -0.497 e. The summed E-state index contributed by atoms with van der Waals surface area (Å²) in [4.78, 5) is 28.8. The number of carbonyl (C=O) groups excluding carboxylic acids is 2. The van der Waals surface area contributed by atoms with Crippen molar-refractivity contribution in [3.05, 3.63) is 18.2 Å². The summed E-state index contributed by atoms with van der Waals surface area (Å²) in [6.07, 6.45) is 8.67. The molecule has 0 aromatic heterocycles. The second kappa shape index (κ2) is 7.47. The molecule has 0 radical (unpaired) electrons. The van der Waals surface area contributed by atoms with Crippen LogP contribution in [0.25, 0.3) is 0 Å².